The molecule has 0 saturated heterocycles. The molecule has 0 N–H and O–H groups in total. The average molecular weight is 323 g/mol. The van der Waals surface area contributed by atoms with E-state index in [-0.39, 0.29) is 16.4 Å². The lowest BCUT2D eigenvalue weighted by atomic mass is 10.1. The van der Waals surface area contributed by atoms with Gasteiger partial charge in [-0.1, -0.05) is 51.1 Å². The molecule has 0 spiro atoms. The van der Waals surface area contributed by atoms with Gasteiger partial charge in [0.2, 0.25) is 6.34 Å². The number of aliphatic imine (C=N–C) groups is 1. The monoisotopic (exact) mass is 323 g/mol. The molecular weight excluding hydrogens is 300 g/mol. The first-order valence-corrected chi connectivity index (χ1v) is 8.32. The van der Waals surface area contributed by atoms with Crippen molar-refractivity contribution in [1.82, 2.24) is 9.55 Å². The van der Waals surface area contributed by atoms with Gasteiger partial charge in [-0.25, -0.2) is 19.3 Å². The van der Waals surface area contributed by atoms with Gasteiger partial charge in [0.25, 0.3) is 0 Å². The molecule has 1 amide bonds. The van der Waals surface area contributed by atoms with E-state index in [9.17, 15) is 4.79 Å². The number of quaternary nitrogens is 1. The van der Waals surface area contributed by atoms with Crippen molar-refractivity contribution in [3.8, 4) is 0 Å². The van der Waals surface area contributed by atoms with Gasteiger partial charge in [0.05, 0.1) is 0 Å². The van der Waals surface area contributed by atoms with Crippen LogP contribution >= 0.6 is 0 Å². The summed E-state index contributed by atoms with van der Waals surface area (Å²) in [5, 5.41) is 0. The zero-order valence-electron chi connectivity index (χ0n) is 14.4. The molecule has 5 nitrogen and oxygen atoms in total. The summed E-state index contributed by atoms with van der Waals surface area (Å²) in [4.78, 5) is 22.0. The highest BCUT2D eigenvalue weighted by molar-refractivity contribution is 5.81. The molecule has 2 heterocycles. The molecule has 3 rings (SSSR count). The van der Waals surface area contributed by atoms with E-state index in [0.717, 1.165) is 23.4 Å². The highest BCUT2D eigenvalue weighted by Gasteiger charge is 2.46. The summed E-state index contributed by atoms with van der Waals surface area (Å²) >= 11 is 0. The highest BCUT2D eigenvalue weighted by atomic mass is 16.2. The zero-order valence-corrected chi connectivity index (χ0v) is 14.4. The van der Waals surface area contributed by atoms with Gasteiger partial charge < -0.3 is 0 Å². The molecule has 24 heavy (non-hydrogen) atoms. The van der Waals surface area contributed by atoms with Gasteiger partial charge in [0, 0.05) is 30.3 Å². The van der Waals surface area contributed by atoms with Crippen LogP contribution in [0, 0.1) is 5.92 Å². The molecule has 1 aliphatic heterocycles. The quantitative estimate of drug-likeness (QED) is 0.792. The Hall–Kier alpha value is -2.53. The first kappa shape index (κ1) is 16.3. The van der Waals surface area contributed by atoms with Crippen LogP contribution in [0.3, 0.4) is 0 Å². The first-order valence-electron chi connectivity index (χ1n) is 8.32. The normalized spacial score (nSPS) is 20.2. The third-order valence-corrected chi connectivity index (χ3v) is 4.39. The smallest absolute Gasteiger partial charge is 0.245 e. The Labute approximate surface area is 142 Å². The number of carbonyl (C=O) groups is 1. The fourth-order valence-electron chi connectivity index (χ4n) is 3.27. The minimum Gasteiger partial charge on any atom is -0.245 e. The average Bonchev–Trinajstić information content (AvgIpc) is 3.23. The van der Waals surface area contributed by atoms with E-state index in [2.05, 4.69) is 42.9 Å². The molecule has 0 radical (unpaired) electrons. The maximum absolute atomic E-state index is 13.3. The van der Waals surface area contributed by atoms with E-state index in [1.807, 2.05) is 18.2 Å². The third-order valence-electron chi connectivity index (χ3n) is 4.39. The lowest BCUT2D eigenvalue weighted by Crippen LogP contribution is -2.50. The minimum atomic E-state index is -0.0485. The van der Waals surface area contributed by atoms with Crippen LogP contribution < -0.4 is 0 Å². The largest absolute Gasteiger partial charge is 0.439 e. The van der Waals surface area contributed by atoms with Crippen LogP contribution in [0.15, 0.2) is 65.4 Å². The summed E-state index contributed by atoms with van der Waals surface area (Å²) in [6.45, 7) is 6.88. The van der Waals surface area contributed by atoms with E-state index in [1.165, 1.54) is 0 Å². The van der Waals surface area contributed by atoms with Crippen LogP contribution in [0.25, 0.3) is 0 Å². The van der Waals surface area contributed by atoms with E-state index >= 15 is 0 Å². The fraction of sp³-hybridized carbons (Fsp3) is 0.316. The summed E-state index contributed by atoms with van der Waals surface area (Å²) in [6, 6.07) is 10.0. The van der Waals surface area contributed by atoms with Crippen molar-refractivity contribution in [2.24, 2.45) is 10.9 Å². The molecular formula is C19H23N4O+. The second-order valence-corrected chi connectivity index (χ2v) is 6.35. The molecule has 124 valence electrons. The number of hydrogen-bond acceptors (Lipinski definition) is 3. The summed E-state index contributed by atoms with van der Waals surface area (Å²) in [6.07, 6.45) is 7.46. The minimum absolute atomic E-state index is 0.0485. The first-order chi connectivity index (χ1) is 11.6. The second-order valence-electron chi connectivity index (χ2n) is 6.35. The standard InChI is InChI=1S/C19H23N4O/c1-4-17-18(15(2)3)21-14-23(17,12-16-8-6-5-7-9-16)19(24)22-11-10-20-13-22/h5-11,13-15H,4,12H2,1-3H3/q+1. The van der Waals surface area contributed by atoms with E-state index in [1.54, 1.807) is 29.6 Å². The lowest BCUT2D eigenvalue weighted by molar-refractivity contribution is -0.724. The number of allylic oxidation sites excluding steroid dienone is 2. The van der Waals surface area contributed by atoms with Crippen molar-refractivity contribution >= 4 is 12.4 Å². The molecule has 0 aliphatic carbocycles. The Morgan fingerprint density at radius 2 is 2.00 bits per heavy atom. The third kappa shape index (κ3) is 2.71. The molecule has 0 fully saturated rings. The number of nitrogens with zero attached hydrogens (tertiary/aromatic N) is 4. The molecule has 1 atom stereocenters. The lowest BCUT2D eigenvalue weighted by Gasteiger charge is -2.30. The van der Waals surface area contributed by atoms with Crippen LogP contribution in [0.2, 0.25) is 0 Å². The van der Waals surface area contributed by atoms with Gasteiger partial charge >= 0.3 is 6.03 Å². The number of imidazole rings is 1. The van der Waals surface area contributed by atoms with Crippen molar-refractivity contribution in [2.45, 2.75) is 33.7 Å². The highest BCUT2D eigenvalue weighted by Crippen LogP contribution is 2.35. The van der Waals surface area contributed by atoms with Crippen LogP contribution in [0.1, 0.15) is 32.8 Å². The van der Waals surface area contributed by atoms with Gasteiger partial charge in [-0.05, 0) is 0 Å². The molecule has 1 aromatic heterocycles. The Morgan fingerprint density at radius 1 is 1.25 bits per heavy atom. The number of carbonyl (C=O) groups excluding carboxylic acids is 1. The molecule has 0 saturated carbocycles. The Balaban J connectivity index is 2.12. The topological polar surface area (TPSA) is 47.2 Å². The number of aromatic nitrogens is 2. The van der Waals surface area contributed by atoms with Crippen LogP contribution in [0.5, 0.6) is 0 Å². The van der Waals surface area contributed by atoms with E-state index < -0.39 is 0 Å². The van der Waals surface area contributed by atoms with Gasteiger partial charge in [-0.15, -0.1) is 0 Å². The number of benzene rings is 1. The Bertz CT molecular complexity index is 775. The van der Waals surface area contributed by atoms with Crippen molar-refractivity contribution in [1.29, 1.82) is 0 Å². The molecule has 1 aliphatic rings. The fourth-order valence-corrected chi connectivity index (χ4v) is 3.27. The maximum Gasteiger partial charge on any atom is 0.439 e. The van der Waals surface area contributed by atoms with Crippen molar-refractivity contribution < 1.29 is 9.28 Å². The molecule has 1 unspecified atom stereocenters. The van der Waals surface area contributed by atoms with Crippen molar-refractivity contribution in [3.05, 3.63) is 66.0 Å². The van der Waals surface area contributed by atoms with Crippen molar-refractivity contribution in [3.63, 3.8) is 0 Å². The number of hydrogen-bond donors (Lipinski definition) is 0. The predicted molar refractivity (Wildman–Crippen MR) is 94.1 cm³/mol. The van der Waals surface area contributed by atoms with Crippen LogP contribution in [-0.2, 0) is 6.54 Å². The SMILES string of the molecule is CCC1=C(C(C)C)N=C[N+]1(Cc1ccccc1)C(=O)n1ccnc1. The number of rotatable bonds is 4. The van der Waals surface area contributed by atoms with E-state index in [0.29, 0.717) is 6.54 Å². The maximum atomic E-state index is 13.3. The Kier molecular flexibility index (Phi) is 4.44. The molecule has 0 bridgehead atoms. The van der Waals surface area contributed by atoms with E-state index in [4.69, 9.17) is 0 Å². The van der Waals surface area contributed by atoms with Gasteiger partial charge in [0.1, 0.15) is 24.3 Å². The van der Waals surface area contributed by atoms with Gasteiger partial charge in [-0.2, -0.15) is 4.48 Å². The van der Waals surface area contributed by atoms with Crippen LogP contribution in [-0.4, -0.2) is 26.4 Å². The molecule has 5 heteroatoms. The summed E-state index contributed by atoms with van der Waals surface area (Å²) < 4.78 is 1.65. The predicted octanol–water partition coefficient (Wildman–Crippen LogP) is 4.19. The molecule has 2 aromatic rings. The van der Waals surface area contributed by atoms with Crippen molar-refractivity contribution in [2.75, 3.05) is 0 Å². The summed E-state index contributed by atoms with van der Waals surface area (Å²) in [5.41, 5.74) is 3.18. The zero-order chi connectivity index (χ0) is 17.2. The van der Waals surface area contributed by atoms with Crippen LogP contribution in [0.4, 0.5) is 4.79 Å². The summed E-state index contributed by atoms with van der Waals surface area (Å²) in [5.74, 6) is 0.280. The van der Waals surface area contributed by atoms with Gasteiger partial charge in [-0.3, -0.25) is 0 Å². The Morgan fingerprint density at radius 3 is 2.58 bits per heavy atom. The summed E-state index contributed by atoms with van der Waals surface area (Å²) in [7, 11) is 0. The molecule has 1 aromatic carbocycles. The van der Waals surface area contributed by atoms with Gasteiger partial charge in [0.15, 0.2) is 0 Å². The second kappa shape index (κ2) is 6.53. The number of amides is 1.